The predicted molar refractivity (Wildman–Crippen MR) is 84.1 cm³/mol. The van der Waals surface area contributed by atoms with Gasteiger partial charge in [0.2, 0.25) is 0 Å². The van der Waals surface area contributed by atoms with Crippen LogP contribution in [0.4, 0.5) is 0 Å². The highest BCUT2D eigenvalue weighted by Crippen LogP contribution is 2.18. The molecular formula is C17H23N3O. The highest BCUT2D eigenvalue weighted by molar-refractivity contribution is 5.29. The molecule has 112 valence electrons. The Bertz CT molecular complexity index is 555. The van der Waals surface area contributed by atoms with Crippen LogP contribution in [0.2, 0.25) is 0 Å². The van der Waals surface area contributed by atoms with Crippen molar-refractivity contribution >= 4 is 0 Å². The molecule has 21 heavy (non-hydrogen) atoms. The summed E-state index contributed by atoms with van der Waals surface area (Å²) in [4.78, 5) is 8.59. The van der Waals surface area contributed by atoms with E-state index in [9.17, 15) is 0 Å². The molecule has 0 aliphatic carbocycles. The van der Waals surface area contributed by atoms with Crippen LogP contribution >= 0.6 is 0 Å². The smallest absolute Gasteiger partial charge is 0.142 e. The lowest BCUT2D eigenvalue weighted by atomic mass is 10.2. The van der Waals surface area contributed by atoms with E-state index in [0.717, 1.165) is 35.8 Å². The summed E-state index contributed by atoms with van der Waals surface area (Å²) in [5.41, 5.74) is 3.07. The Hall–Kier alpha value is -1.94. The molecular weight excluding hydrogens is 262 g/mol. The maximum Gasteiger partial charge on any atom is 0.142 e. The lowest BCUT2D eigenvalue weighted by molar-refractivity contribution is 0.299. The molecule has 0 fully saturated rings. The molecule has 0 saturated carbocycles. The molecule has 4 heteroatoms. The quantitative estimate of drug-likeness (QED) is 0.849. The average molecular weight is 285 g/mol. The molecule has 0 bridgehead atoms. The molecule has 1 N–H and O–H groups in total. The summed E-state index contributed by atoms with van der Waals surface area (Å²) in [6, 6.07) is 7.89. The Morgan fingerprint density at radius 3 is 2.62 bits per heavy atom. The number of nitrogens with one attached hydrogen (secondary N) is 1. The summed E-state index contributed by atoms with van der Waals surface area (Å²) >= 11 is 0. The van der Waals surface area contributed by atoms with Gasteiger partial charge in [-0.05, 0) is 49.2 Å². The summed E-state index contributed by atoms with van der Waals surface area (Å²) in [6.07, 6.45) is 3.55. The first-order valence-corrected chi connectivity index (χ1v) is 7.34. The zero-order valence-corrected chi connectivity index (χ0v) is 13.0. The highest BCUT2D eigenvalue weighted by atomic mass is 16.5. The largest absolute Gasteiger partial charge is 0.487 e. The molecule has 2 heterocycles. The summed E-state index contributed by atoms with van der Waals surface area (Å²) in [5, 5.41) is 3.41. The van der Waals surface area contributed by atoms with Gasteiger partial charge in [0.25, 0.3) is 0 Å². The number of aryl methyl sites for hydroxylation is 1. The number of nitrogens with zero attached hydrogens (tertiary/aromatic N) is 2. The van der Waals surface area contributed by atoms with E-state index in [1.165, 1.54) is 0 Å². The fourth-order valence-electron chi connectivity index (χ4n) is 1.98. The van der Waals surface area contributed by atoms with Crippen LogP contribution in [0.5, 0.6) is 5.75 Å². The first kappa shape index (κ1) is 15.4. The lowest BCUT2D eigenvalue weighted by Gasteiger charge is -2.13. The van der Waals surface area contributed by atoms with Crippen molar-refractivity contribution in [2.45, 2.75) is 33.9 Å². The van der Waals surface area contributed by atoms with Gasteiger partial charge >= 0.3 is 0 Å². The van der Waals surface area contributed by atoms with Gasteiger partial charge in [-0.2, -0.15) is 0 Å². The molecule has 0 unspecified atom stereocenters. The Kier molecular flexibility index (Phi) is 5.69. The van der Waals surface area contributed by atoms with Crippen molar-refractivity contribution in [3.63, 3.8) is 0 Å². The van der Waals surface area contributed by atoms with Crippen LogP contribution in [0.25, 0.3) is 0 Å². The molecule has 0 amide bonds. The van der Waals surface area contributed by atoms with Crippen LogP contribution in [-0.4, -0.2) is 16.5 Å². The molecule has 0 aliphatic rings. The van der Waals surface area contributed by atoms with Crippen molar-refractivity contribution in [3.8, 4) is 5.75 Å². The monoisotopic (exact) mass is 285 g/mol. The number of pyridine rings is 2. The van der Waals surface area contributed by atoms with Gasteiger partial charge in [-0.25, -0.2) is 0 Å². The second kappa shape index (κ2) is 7.74. The number of aromatic nitrogens is 2. The van der Waals surface area contributed by atoms with Gasteiger partial charge in [0.05, 0.1) is 5.69 Å². The van der Waals surface area contributed by atoms with Gasteiger partial charge in [-0.1, -0.05) is 13.8 Å². The Morgan fingerprint density at radius 2 is 1.90 bits per heavy atom. The van der Waals surface area contributed by atoms with Gasteiger partial charge in [-0.3, -0.25) is 9.97 Å². The zero-order chi connectivity index (χ0) is 15.1. The lowest BCUT2D eigenvalue weighted by Crippen LogP contribution is -2.20. The second-order valence-electron chi connectivity index (χ2n) is 5.57. The van der Waals surface area contributed by atoms with Crippen molar-refractivity contribution in [1.82, 2.24) is 15.3 Å². The van der Waals surface area contributed by atoms with Gasteiger partial charge < -0.3 is 10.1 Å². The van der Waals surface area contributed by atoms with Crippen LogP contribution in [0.1, 0.15) is 30.8 Å². The topological polar surface area (TPSA) is 47.0 Å². The van der Waals surface area contributed by atoms with E-state index in [2.05, 4.69) is 29.1 Å². The maximum absolute atomic E-state index is 5.91. The van der Waals surface area contributed by atoms with Crippen molar-refractivity contribution in [2.24, 2.45) is 5.92 Å². The van der Waals surface area contributed by atoms with E-state index in [-0.39, 0.29) is 0 Å². The molecule has 0 saturated heterocycles. The fourth-order valence-corrected chi connectivity index (χ4v) is 1.98. The summed E-state index contributed by atoms with van der Waals surface area (Å²) in [6.45, 7) is 8.61. The van der Waals surface area contributed by atoms with Gasteiger partial charge in [0.15, 0.2) is 0 Å². The molecule has 4 nitrogen and oxygen atoms in total. The fraction of sp³-hybridized carbons (Fsp3) is 0.412. The van der Waals surface area contributed by atoms with E-state index in [1.807, 2.05) is 31.2 Å². The van der Waals surface area contributed by atoms with Crippen molar-refractivity contribution in [3.05, 3.63) is 53.6 Å². The molecule has 2 aromatic heterocycles. The van der Waals surface area contributed by atoms with E-state index in [4.69, 9.17) is 4.74 Å². The minimum Gasteiger partial charge on any atom is -0.487 e. The van der Waals surface area contributed by atoms with Crippen LogP contribution < -0.4 is 10.1 Å². The van der Waals surface area contributed by atoms with Crippen LogP contribution in [0.3, 0.4) is 0 Å². The summed E-state index contributed by atoms with van der Waals surface area (Å²) < 4.78 is 5.91. The zero-order valence-electron chi connectivity index (χ0n) is 13.0. The maximum atomic E-state index is 5.91. The molecule has 0 atom stereocenters. The van der Waals surface area contributed by atoms with Gasteiger partial charge in [-0.15, -0.1) is 0 Å². The standard InChI is InChI=1S/C17H23N3O/c1-13(2)10-19-11-16-17(5-4-14(3)20-16)21-12-15-6-8-18-9-7-15/h4-9,13,19H,10-12H2,1-3H3. The molecule has 0 radical (unpaired) electrons. The third kappa shape index (κ3) is 5.16. The number of hydrogen-bond acceptors (Lipinski definition) is 4. The third-order valence-electron chi connectivity index (χ3n) is 3.06. The molecule has 2 rings (SSSR count). The molecule has 2 aromatic rings. The van der Waals surface area contributed by atoms with Crippen molar-refractivity contribution < 1.29 is 4.74 Å². The molecule has 0 aliphatic heterocycles. The highest BCUT2D eigenvalue weighted by Gasteiger charge is 2.07. The molecule has 0 spiro atoms. The second-order valence-corrected chi connectivity index (χ2v) is 5.57. The Labute approximate surface area is 126 Å². The average Bonchev–Trinajstić information content (AvgIpc) is 2.47. The van der Waals surface area contributed by atoms with Gasteiger partial charge in [0, 0.05) is 24.6 Å². The minimum atomic E-state index is 0.532. The van der Waals surface area contributed by atoms with E-state index in [1.54, 1.807) is 12.4 Å². The Morgan fingerprint density at radius 1 is 1.14 bits per heavy atom. The van der Waals surface area contributed by atoms with Gasteiger partial charge in [0.1, 0.15) is 12.4 Å². The first-order chi connectivity index (χ1) is 10.1. The predicted octanol–water partition coefficient (Wildman–Crippen LogP) is 3.11. The normalized spacial score (nSPS) is 10.9. The van der Waals surface area contributed by atoms with Crippen molar-refractivity contribution in [2.75, 3.05) is 6.54 Å². The van der Waals surface area contributed by atoms with Crippen molar-refractivity contribution in [1.29, 1.82) is 0 Å². The summed E-state index contributed by atoms with van der Waals surface area (Å²) in [7, 11) is 0. The number of hydrogen-bond donors (Lipinski definition) is 1. The SMILES string of the molecule is Cc1ccc(OCc2ccncc2)c(CNCC(C)C)n1. The number of rotatable bonds is 7. The Balaban J connectivity index is 2.00. The first-order valence-electron chi connectivity index (χ1n) is 7.34. The van der Waals surface area contributed by atoms with E-state index >= 15 is 0 Å². The third-order valence-corrected chi connectivity index (χ3v) is 3.06. The van der Waals surface area contributed by atoms with Crippen LogP contribution in [0, 0.1) is 12.8 Å². The number of ether oxygens (including phenoxy) is 1. The van der Waals surface area contributed by atoms with E-state index in [0.29, 0.717) is 12.5 Å². The van der Waals surface area contributed by atoms with Crippen LogP contribution in [-0.2, 0) is 13.2 Å². The summed E-state index contributed by atoms with van der Waals surface area (Å²) in [5.74, 6) is 1.46. The van der Waals surface area contributed by atoms with Crippen LogP contribution in [0.15, 0.2) is 36.7 Å². The molecule has 0 aromatic carbocycles. The minimum absolute atomic E-state index is 0.532. The van der Waals surface area contributed by atoms with E-state index < -0.39 is 0 Å².